The predicted molar refractivity (Wildman–Crippen MR) is 68.6 cm³/mol. The Morgan fingerprint density at radius 1 is 1.25 bits per heavy atom. The van der Waals surface area contributed by atoms with Gasteiger partial charge >= 0.3 is 0 Å². The molecule has 2 atom stereocenters. The van der Waals surface area contributed by atoms with Crippen LogP contribution in [0, 0.1) is 5.92 Å². The van der Waals surface area contributed by atoms with Crippen LogP contribution < -0.4 is 5.32 Å². The maximum atomic E-state index is 9.43. The number of rotatable bonds is 7. The summed E-state index contributed by atoms with van der Waals surface area (Å²) in [5.74, 6) is 0.770. The molecular weight excluding hydrogens is 198 g/mol. The van der Waals surface area contributed by atoms with E-state index in [4.69, 9.17) is 0 Å². The van der Waals surface area contributed by atoms with Crippen LogP contribution >= 0.6 is 0 Å². The Morgan fingerprint density at radius 3 is 2.50 bits per heavy atom. The third-order valence-corrected chi connectivity index (χ3v) is 3.21. The van der Waals surface area contributed by atoms with Crippen LogP contribution in [0.2, 0.25) is 0 Å². The van der Waals surface area contributed by atoms with Gasteiger partial charge in [0.05, 0.1) is 0 Å². The molecular formula is C14H23NO. The van der Waals surface area contributed by atoms with Gasteiger partial charge in [0.2, 0.25) is 0 Å². The second-order valence-corrected chi connectivity index (χ2v) is 4.28. The molecule has 16 heavy (non-hydrogen) atoms. The van der Waals surface area contributed by atoms with Gasteiger partial charge in [0.1, 0.15) is 0 Å². The molecule has 0 aromatic heterocycles. The quantitative estimate of drug-likeness (QED) is 0.693. The van der Waals surface area contributed by atoms with Crippen LogP contribution in [0.15, 0.2) is 30.3 Å². The molecule has 0 spiro atoms. The number of benzene rings is 1. The molecule has 1 aromatic carbocycles. The molecule has 0 aliphatic heterocycles. The first-order chi connectivity index (χ1) is 7.79. The molecule has 0 saturated carbocycles. The van der Waals surface area contributed by atoms with Crippen molar-refractivity contribution < 1.29 is 5.11 Å². The number of nitrogens with one attached hydrogen (secondary N) is 1. The van der Waals surface area contributed by atoms with E-state index in [2.05, 4.69) is 43.4 Å². The van der Waals surface area contributed by atoms with Crippen molar-refractivity contribution in [2.75, 3.05) is 19.7 Å². The summed E-state index contributed by atoms with van der Waals surface area (Å²) in [5.41, 5.74) is 1.32. The number of hydrogen-bond donors (Lipinski definition) is 2. The zero-order chi connectivity index (χ0) is 11.8. The zero-order valence-electron chi connectivity index (χ0n) is 10.3. The molecule has 0 bridgehead atoms. The van der Waals surface area contributed by atoms with E-state index < -0.39 is 0 Å². The van der Waals surface area contributed by atoms with E-state index in [0.717, 1.165) is 19.5 Å². The van der Waals surface area contributed by atoms with E-state index >= 15 is 0 Å². The molecule has 0 fully saturated rings. The van der Waals surface area contributed by atoms with E-state index in [9.17, 15) is 5.11 Å². The van der Waals surface area contributed by atoms with Crippen molar-refractivity contribution >= 4 is 0 Å². The minimum absolute atomic E-state index is 0.265. The van der Waals surface area contributed by atoms with Crippen molar-refractivity contribution in [3.8, 4) is 0 Å². The topological polar surface area (TPSA) is 32.3 Å². The molecule has 1 rings (SSSR count). The molecule has 2 nitrogen and oxygen atoms in total. The molecule has 90 valence electrons. The van der Waals surface area contributed by atoms with Crippen LogP contribution in [0.5, 0.6) is 0 Å². The highest BCUT2D eigenvalue weighted by Gasteiger charge is 2.17. The first-order valence-electron chi connectivity index (χ1n) is 6.16. The summed E-state index contributed by atoms with van der Waals surface area (Å²) in [6, 6.07) is 10.4. The molecule has 0 aliphatic carbocycles. The Hall–Kier alpha value is -0.860. The van der Waals surface area contributed by atoms with Crippen LogP contribution in [0.3, 0.4) is 0 Å². The van der Waals surface area contributed by atoms with Crippen LogP contribution in [0.25, 0.3) is 0 Å². The first kappa shape index (κ1) is 13.2. The lowest BCUT2D eigenvalue weighted by molar-refractivity contribution is 0.199. The van der Waals surface area contributed by atoms with Crippen molar-refractivity contribution in [3.05, 3.63) is 35.9 Å². The summed E-state index contributed by atoms with van der Waals surface area (Å²) in [4.78, 5) is 0. The maximum Gasteiger partial charge on any atom is 0.0465 e. The fourth-order valence-corrected chi connectivity index (χ4v) is 1.99. The third kappa shape index (κ3) is 3.95. The molecule has 0 aliphatic rings. The number of aliphatic hydroxyl groups excluding tert-OH is 1. The Morgan fingerprint density at radius 2 is 1.94 bits per heavy atom. The van der Waals surface area contributed by atoms with E-state index in [0.29, 0.717) is 11.8 Å². The standard InChI is InChI=1S/C14H23NO/c1-3-15-10-9-14(11-16)12(2)13-7-5-4-6-8-13/h4-8,12,14-16H,3,9-11H2,1-2H3. The van der Waals surface area contributed by atoms with Crippen LogP contribution in [0.1, 0.15) is 31.7 Å². The van der Waals surface area contributed by atoms with Crippen LogP contribution in [-0.2, 0) is 0 Å². The lowest BCUT2D eigenvalue weighted by Crippen LogP contribution is -2.22. The van der Waals surface area contributed by atoms with Crippen molar-refractivity contribution in [2.45, 2.75) is 26.2 Å². The molecule has 0 saturated heterocycles. The average molecular weight is 221 g/mol. The monoisotopic (exact) mass is 221 g/mol. The summed E-state index contributed by atoms with van der Waals surface area (Å²) in [6.07, 6.45) is 1.03. The summed E-state index contributed by atoms with van der Waals surface area (Å²) >= 11 is 0. The van der Waals surface area contributed by atoms with Gasteiger partial charge in [-0.15, -0.1) is 0 Å². The molecule has 0 heterocycles. The van der Waals surface area contributed by atoms with Gasteiger partial charge < -0.3 is 10.4 Å². The van der Waals surface area contributed by atoms with Gasteiger partial charge in [0.25, 0.3) is 0 Å². The largest absolute Gasteiger partial charge is 0.396 e. The van der Waals surface area contributed by atoms with Crippen molar-refractivity contribution in [3.63, 3.8) is 0 Å². The minimum Gasteiger partial charge on any atom is -0.396 e. The predicted octanol–water partition coefficient (Wildman–Crippen LogP) is 2.40. The minimum atomic E-state index is 0.265. The SMILES string of the molecule is CCNCCC(CO)C(C)c1ccccc1. The molecule has 0 radical (unpaired) electrons. The molecule has 2 heteroatoms. The Labute approximate surface area is 98.7 Å². The lowest BCUT2D eigenvalue weighted by atomic mass is 9.86. The highest BCUT2D eigenvalue weighted by atomic mass is 16.3. The van der Waals surface area contributed by atoms with Crippen molar-refractivity contribution in [1.82, 2.24) is 5.32 Å². The van der Waals surface area contributed by atoms with E-state index in [1.807, 2.05) is 6.07 Å². The van der Waals surface area contributed by atoms with Gasteiger partial charge in [0.15, 0.2) is 0 Å². The molecule has 2 N–H and O–H groups in total. The average Bonchev–Trinajstić information content (AvgIpc) is 2.35. The Kier molecular flexibility index (Phi) is 6.12. The summed E-state index contributed by atoms with van der Waals surface area (Å²) in [6.45, 7) is 6.55. The second-order valence-electron chi connectivity index (χ2n) is 4.28. The first-order valence-corrected chi connectivity index (χ1v) is 6.16. The molecule has 1 aromatic rings. The summed E-state index contributed by atoms with van der Waals surface area (Å²) in [5, 5.41) is 12.7. The smallest absolute Gasteiger partial charge is 0.0465 e. The Bertz CT molecular complexity index is 273. The highest BCUT2D eigenvalue weighted by Crippen LogP contribution is 2.25. The third-order valence-electron chi connectivity index (χ3n) is 3.21. The Balaban J connectivity index is 2.52. The molecule has 0 amide bonds. The maximum absolute atomic E-state index is 9.43. The van der Waals surface area contributed by atoms with Crippen molar-refractivity contribution in [2.24, 2.45) is 5.92 Å². The highest BCUT2D eigenvalue weighted by molar-refractivity contribution is 5.19. The van der Waals surface area contributed by atoms with Gasteiger partial charge in [0, 0.05) is 6.61 Å². The van der Waals surface area contributed by atoms with Crippen LogP contribution in [0.4, 0.5) is 0 Å². The van der Waals surface area contributed by atoms with Crippen molar-refractivity contribution in [1.29, 1.82) is 0 Å². The lowest BCUT2D eigenvalue weighted by Gasteiger charge is -2.22. The van der Waals surface area contributed by atoms with E-state index in [1.165, 1.54) is 5.56 Å². The zero-order valence-corrected chi connectivity index (χ0v) is 10.3. The summed E-state index contributed by atoms with van der Waals surface area (Å²) < 4.78 is 0. The number of hydrogen-bond acceptors (Lipinski definition) is 2. The van der Waals surface area contributed by atoms with Gasteiger partial charge in [-0.25, -0.2) is 0 Å². The number of aliphatic hydroxyl groups is 1. The molecule has 2 unspecified atom stereocenters. The fraction of sp³-hybridized carbons (Fsp3) is 0.571. The van der Waals surface area contributed by atoms with Gasteiger partial charge in [-0.1, -0.05) is 44.2 Å². The normalized spacial score (nSPS) is 14.7. The second kappa shape index (κ2) is 7.42. The van der Waals surface area contributed by atoms with E-state index in [-0.39, 0.29) is 6.61 Å². The fourth-order valence-electron chi connectivity index (χ4n) is 1.99. The van der Waals surface area contributed by atoms with Crippen LogP contribution in [-0.4, -0.2) is 24.8 Å². The van der Waals surface area contributed by atoms with Gasteiger partial charge in [-0.2, -0.15) is 0 Å². The summed E-state index contributed by atoms with van der Waals surface area (Å²) in [7, 11) is 0. The van der Waals surface area contributed by atoms with Gasteiger partial charge in [-0.3, -0.25) is 0 Å². The van der Waals surface area contributed by atoms with E-state index in [1.54, 1.807) is 0 Å². The van der Waals surface area contributed by atoms with Gasteiger partial charge in [-0.05, 0) is 36.9 Å².